The lowest BCUT2D eigenvalue weighted by atomic mass is 10.2. The van der Waals surface area contributed by atoms with Crippen molar-refractivity contribution in [3.8, 4) is 0 Å². The van der Waals surface area contributed by atoms with E-state index in [0.29, 0.717) is 25.1 Å². The molecule has 128 valence electrons. The van der Waals surface area contributed by atoms with Gasteiger partial charge in [-0.1, -0.05) is 32.4 Å². The monoisotopic (exact) mass is 375 g/mol. The lowest BCUT2D eigenvalue weighted by molar-refractivity contribution is -0.134. The molecule has 0 radical (unpaired) electrons. The van der Waals surface area contributed by atoms with E-state index < -0.39 is 8.32 Å². The molecule has 1 aliphatic heterocycles. The van der Waals surface area contributed by atoms with Crippen molar-refractivity contribution in [2.75, 3.05) is 6.54 Å². The standard InChI is InChI=1S/C15H23Cl2N3O2Si/c1-15(2,3)23(4,5)22-11-6-7-20(13(11)21)9-10-8-18-14(17)19-12(10)16/h8,11H,6-7,9H2,1-5H3. The molecule has 1 unspecified atom stereocenters. The summed E-state index contributed by atoms with van der Waals surface area (Å²) in [5, 5.41) is 0.464. The van der Waals surface area contributed by atoms with Gasteiger partial charge in [0.2, 0.25) is 5.28 Å². The summed E-state index contributed by atoms with van der Waals surface area (Å²) in [6, 6.07) is 0. The Morgan fingerprint density at radius 2 is 2.04 bits per heavy atom. The molecule has 0 bridgehead atoms. The predicted octanol–water partition coefficient (Wildman–Crippen LogP) is 3.91. The first kappa shape index (κ1) is 18.6. The topological polar surface area (TPSA) is 55.3 Å². The molecule has 0 spiro atoms. The van der Waals surface area contributed by atoms with Gasteiger partial charge in [0.05, 0.1) is 6.54 Å². The molecule has 0 aromatic carbocycles. The average Bonchev–Trinajstić information content (AvgIpc) is 2.73. The van der Waals surface area contributed by atoms with Crippen molar-refractivity contribution < 1.29 is 9.22 Å². The summed E-state index contributed by atoms with van der Waals surface area (Å²) < 4.78 is 6.26. The van der Waals surface area contributed by atoms with Crippen LogP contribution in [0.1, 0.15) is 32.8 Å². The Kier molecular flexibility index (Phi) is 5.40. The molecule has 1 aromatic rings. The van der Waals surface area contributed by atoms with E-state index in [9.17, 15) is 4.79 Å². The summed E-state index contributed by atoms with van der Waals surface area (Å²) in [7, 11) is -1.97. The van der Waals surface area contributed by atoms with Crippen molar-refractivity contribution in [2.24, 2.45) is 0 Å². The van der Waals surface area contributed by atoms with Crippen LogP contribution in [0, 0.1) is 0 Å². The Morgan fingerprint density at radius 1 is 1.39 bits per heavy atom. The van der Waals surface area contributed by atoms with Crippen LogP contribution in [0.3, 0.4) is 0 Å². The van der Waals surface area contributed by atoms with Crippen LogP contribution in [0.25, 0.3) is 0 Å². The van der Waals surface area contributed by atoms with Gasteiger partial charge in [0, 0.05) is 18.3 Å². The number of carbonyl (C=O) groups is 1. The van der Waals surface area contributed by atoms with Crippen molar-refractivity contribution in [1.29, 1.82) is 0 Å². The fraction of sp³-hybridized carbons (Fsp3) is 0.667. The van der Waals surface area contributed by atoms with Crippen LogP contribution in [-0.2, 0) is 15.8 Å². The van der Waals surface area contributed by atoms with Crippen LogP contribution < -0.4 is 0 Å². The Balaban J connectivity index is 2.04. The molecule has 1 saturated heterocycles. The highest BCUT2D eigenvalue weighted by Gasteiger charge is 2.43. The van der Waals surface area contributed by atoms with E-state index >= 15 is 0 Å². The number of aromatic nitrogens is 2. The van der Waals surface area contributed by atoms with Gasteiger partial charge in [0.15, 0.2) is 8.32 Å². The Labute approximate surface area is 148 Å². The summed E-state index contributed by atoms with van der Waals surface area (Å²) in [5.41, 5.74) is 0.692. The summed E-state index contributed by atoms with van der Waals surface area (Å²) in [5.74, 6) is 0.0147. The molecule has 1 amide bonds. The van der Waals surface area contributed by atoms with Crippen molar-refractivity contribution in [3.05, 3.63) is 22.2 Å². The summed E-state index contributed by atoms with van der Waals surface area (Å²) in [6.45, 7) is 11.9. The van der Waals surface area contributed by atoms with Gasteiger partial charge in [-0.2, -0.15) is 0 Å². The van der Waals surface area contributed by atoms with Crippen molar-refractivity contribution in [3.63, 3.8) is 0 Å². The number of hydrogen-bond acceptors (Lipinski definition) is 4. The third-order valence-electron chi connectivity index (χ3n) is 4.63. The van der Waals surface area contributed by atoms with E-state index in [4.69, 9.17) is 27.6 Å². The zero-order valence-corrected chi connectivity index (χ0v) is 16.7. The maximum Gasteiger partial charge on any atom is 0.250 e. The maximum absolute atomic E-state index is 12.6. The lowest BCUT2D eigenvalue weighted by Gasteiger charge is -2.37. The van der Waals surface area contributed by atoms with E-state index in [-0.39, 0.29) is 27.5 Å². The van der Waals surface area contributed by atoms with Crippen molar-refractivity contribution in [2.45, 2.75) is 58.0 Å². The van der Waals surface area contributed by atoms with Crippen LogP contribution in [0.2, 0.25) is 28.6 Å². The van der Waals surface area contributed by atoms with Gasteiger partial charge in [-0.25, -0.2) is 9.97 Å². The van der Waals surface area contributed by atoms with Crippen LogP contribution in [0.4, 0.5) is 0 Å². The van der Waals surface area contributed by atoms with Gasteiger partial charge >= 0.3 is 0 Å². The predicted molar refractivity (Wildman–Crippen MR) is 94.2 cm³/mol. The van der Waals surface area contributed by atoms with Crippen molar-refractivity contribution in [1.82, 2.24) is 14.9 Å². The molecule has 2 heterocycles. The normalized spacial score (nSPS) is 19.5. The lowest BCUT2D eigenvalue weighted by Crippen LogP contribution is -2.46. The second kappa shape index (κ2) is 6.67. The molecule has 8 heteroatoms. The molecule has 1 aliphatic rings. The molecule has 5 nitrogen and oxygen atoms in total. The number of hydrogen-bond donors (Lipinski definition) is 0. The SMILES string of the molecule is CC(C)(C)[Si](C)(C)OC1CCN(Cc2cnc(Cl)nc2Cl)C1=O. The van der Waals surface area contributed by atoms with Gasteiger partial charge in [0.25, 0.3) is 5.91 Å². The number of carbonyl (C=O) groups excluding carboxylic acids is 1. The Bertz CT molecular complexity index is 605. The number of nitrogens with zero attached hydrogens (tertiary/aromatic N) is 3. The third-order valence-corrected chi connectivity index (χ3v) is 9.63. The molecular weight excluding hydrogens is 353 g/mol. The zero-order valence-electron chi connectivity index (χ0n) is 14.2. The molecule has 1 atom stereocenters. The second-order valence-electron chi connectivity index (χ2n) is 7.37. The number of rotatable bonds is 4. The number of halogens is 2. The smallest absolute Gasteiger partial charge is 0.250 e. The van der Waals surface area contributed by atoms with Gasteiger partial charge in [0.1, 0.15) is 11.3 Å². The summed E-state index contributed by atoms with van der Waals surface area (Å²) >= 11 is 11.8. The maximum atomic E-state index is 12.6. The Hall–Kier alpha value is -0.693. The minimum atomic E-state index is -1.97. The minimum absolute atomic E-state index is 0.0147. The largest absolute Gasteiger partial charge is 0.405 e. The summed E-state index contributed by atoms with van der Waals surface area (Å²) in [6.07, 6.45) is 1.91. The fourth-order valence-corrected chi connectivity index (χ4v) is 3.84. The van der Waals surface area contributed by atoms with Gasteiger partial charge < -0.3 is 9.33 Å². The Morgan fingerprint density at radius 3 is 2.61 bits per heavy atom. The number of likely N-dealkylation sites (tertiary alicyclic amines) is 1. The number of amides is 1. The third kappa shape index (κ3) is 4.23. The van der Waals surface area contributed by atoms with E-state index in [1.807, 2.05) is 0 Å². The first-order chi connectivity index (χ1) is 10.5. The van der Waals surface area contributed by atoms with Crippen molar-refractivity contribution >= 4 is 37.4 Å². The highest BCUT2D eigenvalue weighted by atomic mass is 35.5. The first-order valence-electron chi connectivity index (χ1n) is 7.65. The van der Waals surface area contributed by atoms with E-state index in [2.05, 4.69) is 43.8 Å². The quantitative estimate of drug-likeness (QED) is 0.454. The van der Waals surface area contributed by atoms with Crippen LogP contribution >= 0.6 is 23.2 Å². The highest BCUT2D eigenvalue weighted by molar-refractivity contribution is 6.74. The molecule has 23 heavy (non-hydrogen) atoms. The van der Waals surface area contributed by atoms with Crippen LogP contribution in [0.5, 0.6) is 0 Å². The zero-order chi connectivity index (χ0) is 17.4. The summed E-state index contributed by atoms with van der Waals surface area (Å²) in [4.78, 5) is 22.2. The van der Waals surface area contributed by atoms with Crippen LogP contribution in [-0.4, -0.2) is 41.7 Å². The van der Waals surface area contributed by atoms with E-state index in [0.717, 1.165) is 0 Å². The van der Waals surface area contributed by atoms with Gasteiger partial charge in [-0.15, -0.1) is 0 Å². The molecule has 2 rings (SSSR count). The minimum Gasteiger partial charge on any atom is -0.405 e. The van der Waals surface area contributed by atoms with Gasteiger partial charge in [-0.3, -0.25) is 4.79 Å². The molecule has 0 saturated carbocycles. The van der Waals surface area contributed by atoms with Crippen LogP contribution in [0.15, 0.2) is 6.20 Å². The molecule has 0 aliphatic carbocycles. The molecular formula is C15H23Cl2N3O2Si. The second-order valence-corrected chi connectivity index (χ2v) is 12.8. The molecule has 1 aromatic heterocycles. The highest BCUT2D eigenvalue weighted by Crippen LogP contribution is 2.38. The first-order valence-corrected chi connectivity index (χ1v) is 11.3. The average molecular weight is 376 g/mol. The molecule has 0 N–H and O–H groups in total. The van der Waals surface area contributed by atoms with E-state index in [1.165, 1.54) is 0 Å². The fourth-order valence-electron chi connectivity index (χ4n) is 2.19. The molecule has 1 fully saturated rings. The van der Waals surface area contributed by atoms with Gasteiger partial charge in [-0.05, 0) is 36.2 Å². The van der Waals surface area contributed by atoms with E-state index in [1.54, 1.807) is 11.1 Å².